The molecule has 114 valence electrons. The maximum Gasteiger partial charge on any atom is 0.161 e. The number of nitrogens with zero attached hydrogens (tertiary/aromatic N) is 2. The van der Waals surface area contributed by atoms with E-state index in [1.54, 1.807) is 31.4 Å². The lowest BCUT2D eigenvalue weighted by Gasteiger charge is -2.12. The lowest BCUT2D eigenvalue weighted by molar-refractivity contribution is 0.144. The van der Waals surface area contributed by atoms with Crippen LogP contribution in [0.4, 0.5) is 4.39 Å². The number of aromatic nitrogens is 1. The summed E-state index contributed by atoms with van der Waals surface area (Å²) in [5.74, 6) is 0.399. The van der Waals surface area contributed by atoms with Crippen LogP contribution in [-0.2, 0) is 4.74 Å². The van der Waals surface area contributed by atoms with Crippen LogP contribution in [0.3, 0.4) is 0 Å². The first kappa shape index (κ1) is 15.7. The van der Waals surface area contributed by atoms with Gasteiger partial charge in [-0.1, -0.05) is 6.07 Å². The lowest BCUT2D eigenvalue weighted by atomic mass is 10.0. The van der Waals surface area contributed by atoms with Crippen LogP contribution in [0.1, 0.15) is 5.56 Å². The van der Waals surface area contributed by atoms with Crippen molar-refractivity contribution in [1.82, 2.24) is 4.98 Å². The van der Waals surface area contributed by atoms with Crippen LogP contribution in [0, 0.1) is 17.1 Å². The summed E-state index contributed by atoms with van der Waals surface area (Å²) in [5.41, 5.74) is 0.690. The van der Waals surface area contributed by atoms with Gasteiger partial charge in [-0.3, -0.25) is 4.98 Å². The van der Waals surface area contributed by atoms with E-state index in [-0.39, 0.29) is 11.1 Å². The summed E-state index contributed by atoms with van der Waals surface area (Å²) in [7, 11) is 3.09. The normalized spacial score (nSPS) is 10.1. The van der Waals surface area contributed by atoms with Gasteiger partial charge >= 0.3 is 0 Å². The molecule has 0 aliphatic heterocycles. The highest BCUT2D eigenvalue weighted by atomic mass is 19.1. The molecule has 22 heavy (non-hydrogen) atoms. The zero-order valence-corrected chi connectivity index (χ0v) is 12.3. The fourth-order valence-corrected chi connectivity index (χ4v) is 1.91. The van der Waals surface area contributed by atoms with E-state index in [1.165, 1.54) is 19.5 Å². The molecule has 0 saturated carbocycles. The van der Waals surface area contributed by atoms with E-state index in [0.717, 1.165) is 0 Å². The van der Waals surface area contributed by atoms with Gasteiger partial charge in [-0.15, -0.1) is 0 Å². The van der Waals surface area contributed by atoms with Gasteiger partial charge in [0.1, 0.15) is 18.2 Å². The third kappa shape index (κ3) is 3.32. The Bertz CT molecular complexity index is 698. The molecule has 5 nitrogen and oxygen atoms in total. The van der Waals surface area contributed by atoms with Crippen molar-refractivity contribution in [2.24, 2.45) is 0 Å². The average molecular weight is 302 g/mol. The minimum absolute atomic E-state index is 0.100. The van der Waals surface area contributed by atoms with Crippen LogP contribution in [0.5, 0.6) is 11.5 Å². The molecule has 6 heteroatoms. The second-order valence-corrected chi connectivity index (χ2v) is 4.37. The van der Waals surface area contributed by atoms with E-state index in [1.807, 2.05) is 0 Å². The third-order valence-electron chi connectivity index (χ3n) is 3.02. The van der Waals surface area contributed by atoms with E-state index >= 15 is 0 Å². The minimum Gasteiger partial charge on any atom is -0.493 e. The summed E-state index contributed by atoms with van der Waals surface area (Å²) in [5, 5.41) is 8.87. The van der Waals surface area contributed by atoms with Crippen LogP contribution < -0.4 is 9.47 Å². The Balaban J connectivity index is 2.36. The van der Waals surface area contributed by atoms with E-state index in [2.05, 4.69) is 4.98 Å². The largest absolute Gasteiger partial charge is 0.493 e. The lowest BCUT2D eigenvalue weighted by Crippen LogP contribution is -2.05. The van der Waals surface area contributed by atoms with Crippen LogP contribution in [0.25, 0.3) is 11.1 Å². The van der Waals surface area contributed by atoms with E-state index in [0.29, 0.717) is 30.3 Å². The highest BCUT2D eigenvalue weighted by Crippen LogP contribution is 2.33. The molecule has 0 amide bonds. The molecule has 2 aromatic rings. The quantitative estimate of drug-likeness (QED) is 0.768. The van der Waals surface area contributed by atoms with E-state index in [4.69, 9.17) is 19.5 Å². The van der Waals surface area contributed by atoms with Crippen LogP contribution in [-0.4, -0.2) is 32.4 Å². The summed E-state index contributed by atoms with van der Waals surface area (Å²) in [6.07, 6.45) is 2.56. The van der Waals surface area contributed by atoms with Gasteiger partial charge in [-0.25, -0.2) is 4.39 Å². The monoisotopic (exact) mass is 302 g/mol. The highest BCUT2D eigenvalue weighted by molar-refractivity contribution is 5.68. The van der Waals surface area contributed by atoms with Gasteiger partial charge in [0.05, 0.1) is 13.7 Å². The molecule has 2 rings (SSSR count). The van der Waals surface area contributed by atoms with Gasteiger partial charge in [0.25, 0.3) is 0 Å². The summed E-state index contributed by atoms with van der Waals surface area (Å²) in [6.45, 7) is 0.833. The number of pyridine rings is 1. The van der Waals surface area contributed by atoms with Crippen molar-refractivity contribution in [3.05, 3.63) is 42.0 Å². The van der Waals surface area contributed by atoms with E-state index in [9.17, 15) is 4.39 Å². The first-order valence-electron chi connectivity index (χ1n) is 6.55. The summed E-state index contributed by atoms with van der Waals surface area (Å²) in [4.78, 5) is 3.88. The van der Waals surface area contributed by atoms with Crippen LogP contribution in [0.2, 0.25) is 0 Å². The maximum absolute atomic E-state index is 14.2. The Morgan fingerprint density at radius 3 is 2.68 bits per heavy atom. The van der Waals surface area contributed by atoms with Crippen molar-refractivity contribution in [1.29, 1.82) is 5.26 Å². The Morgan fingerprint density at radius 2 is 2.00 bits per heavy atom. The van der Waals surface area contributed by atoms with Crippen molar-refractivity contribution in [3.8, 4) is 28.7 Å². The smallest absolute Gasteiger partial charge is 0.161 e. The standard InChI is InChI=1S/C16H15FN2O3/c1-20-5-6-22-14-4-3-11(7-15(14)21-2)13-10-19-9-12(8-18)16(13)17/h3-4,7,9-10H,5-6H2,1-2H3. The Morgan fingerprint density at radius 1 is 1.18 bits per heavy atom. The van der Waals surface area contributed by atoms with Gasteiger partial charge in [-0.2, -0.15) is 5.26 Å². The summed E-state index contributed by atoms with van der Waals surface area (Å²) in [6, 6.07) is 6.78. The number of nitriles is 1. The second kappa shape index (κ2) is 7.38. The van der Waals surface area contributed by atoms with Crippen molar-refractivity contribution < 1.29 is 18.6 Å². The van der Waals surface area contributed by atoms with E-state index < -0.39 is 5.82 Å². The molecule has 0 unspecified atom stereocenters. The van der Waals surface area contributed by atoms with Crippen molar-refractivity contribution >= 4 is 0 Å². The van der Waals surface area contributed by atoms with Crippen molar-refractivity contribution in [3.63, 3.8) is 0 Å². The number of methoxy groups -OCH3 is 2. The van der Waals surface area contributed by atoms with Crippen LogP contribution >= 0.6 is 0 Å². The van der Waals surface area contributed by atoms with Gasteiger partial charge in [-0.05, 0) is 17.7 Å². The molecular formula is C16H15FN2O3. The molecule has 0 atom stereocenters. The summed E-state index contributed by atoms with van der Waals surface area (Å²) >= 11 is 0. The molecule has 0 bridgehead atoms. The molecule has 1 aromatic heterocycles. The molecule has 0 aliphatic rings. The SMILES string of the molecule is COCCOc1ccc(-c2cncc(C#N)c2F)cc1OC. The average Bonchev–Trinajstić information content (AvgIpc) is 2.55. The van der Waals surface area contributed by atoms with Gasteiger partial charge in [0.15, 0.2) is 17.3 Å². The Kier molecular flexibility index (Phi) is 5.28. The van der Waals surface area contributed by atoms with Gasteiger partial charge in [0, 0.05) is 25.1 Å². The second-order valence-electron chi connectivity index (χ2n) is 4.37. The number of ether oxygens (including phenoxy) is 3. The fraction of sp³-hybridized carbons (Fsp3) is 0.250. The topological polar surface area (TPSA) is 64.4 Å². The minimum atomic E-state index is -0.604. The van der Waals surface area contributed by atoms with Crippen LogP contribution in [0.15, 0.2) is 30.6 Å². The first-order valence-corrected chi connectivity index (χ1v) is 6.55. The molecule has 1 heterocycles. The predicted molar refractivity (Wildman–Crippen MR) is 78.3 cm³/mol. The number of rotatable bonds is 6. The molecule has 0 saturated heterocycles. The highest BCUT2D eigenvalue weighted by Gasteiger charge is 2.13. The van der Waals surface area contributed by atoms with Crippen molar-refractivity contribution in [2.45, 2.75) is 0 Å². The maximum atomic E-state index is 14.2. The first-order chi connectivity index (χ1) is 10.7. The summed E-state index contributed by atoms with van der Waals surface area (Å²) < 4.78 is 29.9. The fourth-order valence-electron chi connectivity index (χ4n) is 1.91. The number of hydrogen-bond acceptors (Lipinski definition) is 5. The molecule has 0 radical (unpaired) electrons. The van der Waals surface area contributed by atoms with Gasteiger partial charge in [0.2, 0.25) is 0 Å². The predicted octanol–water partition coefficient (Wildman–Crippen LogP) is 2.79. The molecule has 0 fully saturated rings. The molecule has 1 aromatic carbocycles. The van der Waals surface area contributed by atoms with Crippen molar-refractivity contribution in [2.75, 3.05) is 27.4 Å². The Labute approximate surface area is 127 Å². The molecule has 0 spiro atoms. The zero-order valence-electron chi connectivity index (χ0n) is 12.3. The molecular weight excluding hydrogens is 287 g/mol. The zero-order chi connectivity index (χ0) is 15.9. The number of benzene rings is 1. The number of hydrogen-bond donors (Lipinski definition) is 0. The third-order valence-corrected chi connectivity index (χ3v) is 3.02. The molecule has 0 N–H and O–H groups in total. The molecule has 0 aliphatic carbocycles. The van der Waals surface area contributed by atoms with Gasteiger partial charge < -0.3 is 14.2 Å². The number of halogens is 1. The Hall–Kier alpha value is -2.65.